The van der Waals surface area contributed by atoms with Crippen LogP contribution in [0.15, 0.2) is 162 Å². The molecule has 3 heteroatoms. The molecular formula is C45H37N3. The number of fused-ring (bicyclic) bond motifs is 3. The second-order valence-electron chi connectivity index (χ2n) is 12.7. The Hall–Kier alpha value is -5.67. The van der Waals surface area contributed by atoms with Crippen molar-refractivity contribution < 1.29 is 0 Å². The number of benzene rings is 5. The zero-order chi connectivity index (χ0) is 32.5. The molecule has 5 aromatic carbocycles. The SMILES string of the molecule is C=C1CC(c2ccccc2)=NC(c2ccccc2)=CC1c1ccc(C2=Nc3c(ccc4c(CC)cc(-c5ccccc5)nc34)CC2)cc1. The van der Waals surface area contributed by atoms with Gasteiger partial charge in [0.25, 0.3) is 0 Å². The average molecular weight is 620 g/mol. The summed E-state index contributed by atoms with van der Waals surface area (Å²) in [7, 11) is 0. The van der Waals surface area contributed by atoms with Gasteiger partial charge in [-0.25, -0.2) is 4.98 Å². The standard InChI is InChI=1S/C45H37N3/c1-3-31-28-42(34-15-9-5-10-16-34)48-45-38(31)25-23-37-24-26-40(47-44(37)45)36-21-19-32(20-22-36)39-29-43(35-17-11-6-12-18-35)46-41(27-30(39)2)33-13-7-4-8-14-33/h4-23,25,28-29,39H,2-3,24,26-27H2,1H3. The van der Waals surface area contributed by atoms with Crippen molar-refractivity contribution in [2.45, 2.75) is 38.5 Å². The van der Waals surface area contributed by atoms with E-state index in [-0.39, 0.29) is 5.92 Å². The van der Waals surface area contributed by atoms with E-state index in [1.165, 1.54) is 22.1 Å². The lowest BCUT2D eigenvalue weighted by Gasteiger charge is -2.20. The van der Waals surface area contributed by atoms with Crippen molar-refractivity contribution in [3.63, 3.8) is 0 Å². The molecule has 1 atom stereocenters. The molecule has 8 rings (SSSR count). The van der Waals surface area contributed by atoms with Crippen LogP contribution in [-0.4, -0.2) is 16.4 Å². The van der Waals surface area contributed by atoms with Gasteiger partial charge >= 0.3 is 0 Å². The Labute approximate surface area is 282 Å². The van der Waals surface area contributed by atoms with E-state index in [4.69, 9.17) is 15.0 Å². The molecule has 48 heavy (non-hydrogen) atoms. The van der Waals surface area contributed by atoms with Gasteiger partial charge < -0.3 is 0 Å². The monoisotopic (exact) mass is 619 g/mol. The second-order valence-corrected chi connectivity index (χ2v) is 12.7. The summed E-state index contributed by atoms with van der Waals surface area (Å²) in [5, 5.41) is 1.20. The number of allylic oxidation sites excluding steroid dienone is 2. The lowest BCUT2D eigenvalue weighted by molar-refractivity contribution is 0.973. The van der Waals surface area contributed by atoms with Gasteiger partial charge in [0.2, 0.25) is 0 Å². The Morgan fingerprint density at radius 3 is 1.98 bits per heavy atom. The molecule has 232 valence electrons. The van der Waals surface area contributed by atoms with E-state index in [1.54, 1.807) is 0 Å². The molecule has 2 aliphatic rings. The van der Waals surface area contributed by atoms with Gasteiger partial charge in [-0.1, -0.05) is 146 Å². The van der Waals surface area contributed by atoms with E-state index < -0.39 is 0 Å². The summed E-state index contributed by atoms with van der Waals surface area (Å²) in [5.41, 5.74) is 15.6. The van der Waals surface area contributed by atoms with E-state index >= 15 is 0 Å². The number of hydrogen-bond acceptors (Lipinski definition) is 3. The third-order valence-electron chi connectivity index (χ3n) is 9.65. The molecule has 3 heterocycles. The molecule has 6 aromatic rings. The van der Waals surface area contributed by atoms with Crippen LogP contribution < -0.4 is 0 Å². The lowest BCUT2D eigenvalue weighted by Crippen LogP contribution is -2.09. The van der Waals surface area contributed by atoms with Crippen molar-refractivity contribution in [2.24, 2.45) is 9.98 Å². The van der Waals surface area contributed by atoms with Crippen LogP contribution in [0.1, 0.15) is 59.1 Å². The first-order valence-electron chi connectivity index (χ1n) is 16.9. The maximum Gasteiger partial charge on any atom is 0.0971 e. The van der Waals surface area contributed by atoms with Gasteiger partial charge in [0.05, 0.1) is 28.3 Å². The highest BCUT2D eigenvalue weighted by Gasteiger charge is 2.23. The highest BCUT2D eigenvalue weighted by Crippen LogP contribution is 2.39. The summed E-state index contributed by atoms with van der Waals surface area (Å²) in [6.07, 6.45) is 5.80. The molecular weight excluding hydrogens is 583 g/mol. The number of rotatable bonds is 6. The van der Waals surface area contributed by atoms with Gasteiger partial charge in [-0.3, -0.25) is 9.98 Å². The van der Waals surface area contributed by atoms with E-state index in [1.807, 2.05) is 12.1 Å². The average Bonchev–Trinajstić information content (AvgIpc) is 3.34. The number of aryl methyl sites for hydroxylation is 2. The van der Waals surface area contributed by atoms with Crippen molar-refractivity contribution in [3.05, 3.63) is 185 Å². The minimum atomic E-state index is 0.0465. The van der Waals surface area contributed by atoms with Crippen molar-refractivity contribution in [3.8, 4) is 11.3 Å². The molecule has 0 bridgehead atoms. The smallest absolute Gasteiger partial charge is 0.0971 e. The number of pyridine rings is 1. The molecule has 0 N–H and O–H groups in total. The van der Waals surface area contributed by atoms with Gasteiger partial charge in [0.1, 0.15) is 0 Å². The van der Waals surface area contributed by atoms with Gasteiger partial charge in [-0.2, -0.15) is 0 Å². The quantitative estimate of drug-likeness (QED) is 0.171. The van der Waals surface area contributed by atoms with Crippen molar-refractivity contribution in [1.29, 1.82) is 0 Å². The fourth-order valence-electron chi connectivity index (χ4n) is 7.02. The number of nitrogens with zero attached hydrogens (tertiary/aromatic N) is 3. The molecule has 1 unspecified atom stereocenters. The molecule has 2 aliphatic heterocycles. The summed E-state index contributed by atoms with van der Waals surface area (Å²) >= 11 is 0. The third kappa shape index (κ3) is 5.73. The van der Waals surface area contributed by atoms with Crippen LogP contribution in [0.2, 0.25) is 0 Å². The summed E-state index contributed by atoms with van der Waals surface area (Å²) in [5.74, 6) is 0.0465. The van der Waals surface area contributed by atoms with E-state index in [2.05, 4.69) is 141 Å². The molecule has 0 amide bonds. The molecule has 0 fully saturated rings. The van der Waals surface area contributed by atoms with Crippen molar-refractivity contribution in [2.75, 3.05) is 0 Å². The van der Waals surface area contributed by atoms with Crippen LogP contribution in [0, 0.1) is 0 Å². The highest BCUT2D eigenvalue weighted by molar-refractivity contribution is 6.07. The van der Waals surface area contributed by atoms with E-state index in [0.717, 1.165) is 87.5 Å². The first-order chi connectivity index (χ1) is 23.6. The normalized spacial score (nSPS) is 16.1. The Morgan fingerprint density at radius 1 is 0.646 bits per heavy atom. The Balaban J connectivity index is 1.15. The van der Waals surface area contributed by atoms with Crippen LogP contribution in [0.3, 0.4) is 0 Å². The lowest BCUT2D eigenvalue weighted by atomic mass is 9.86. The van der Waals surface area contributed by atoms with Gasteiger partial charge in [0, 0.05) is 29.0 Å². The van der Waals surface area contributed by atoms with Crippen LogP contribution in [0.5, 0.6) is 0 Å². The summed E-state index contributed by atoms with van der Waals surface area (Å²) in [6, 6.07) is 47.1. The van der Waals surface area contributed by atoms with Gasteiger partial charge in [-0.15, -0.1) is 0 Å². The van der Waals surface area contributed by atoms with Gasteiger partial charge in [-0.05, 0) is 64.8 Å². The molecule has 0 saturated heterocycles. The predicted octanol–water partition coefficient (Wildman–Crippen LogP) is 11.1. The fourth-order valence-corrected chi connectivity index (χ4v) is 7.02. The summed E-state index contributed by atoms with van der Waals surface area (Å²) in [4.78, 5) is 15.8. The Bertz CT molecular complexity index is 2230. The molecule has 0 saturated carbocycles. The first kappa shape index (κ1) is 29.7. The zero-order valence-electron chi connectivity index (χ0n) is 27.2. The summed E-state index contributed by atoms with van der Waals surface area (Å²) < 4.78 is 0. The van der Waals surface area contributed by atoms with E-state index in [0.29, 0.717) is 0 Å². The minimum absolute atomic E-state index is 0.0465. The van der Waals surface area contributed by atoms with E-state index in [9.17, 15) is 0 Å². The topological polar surface area (TPSA) is 37.6 Å². The molecule has 1 aromatic heterocycles. The summed E-state index contributed by atoms with van der Waals surface area (Å²) in [6.45, 7) is 6.81. The zero-order valence-corrected chi connectivity index (χ0v) is 27.2. The van der Waals surface area contributed by atoms with Crippen LogP contribution in [-0.2, 0) is 12.8 Å². The van der Waals surface area contributed by atoms with Crippen LogP contribution in [0.4, 0.5) is 5.69 Å². The highest BCUT2D eigenvalue weighted by atomic mass is 14.8. The third-order valence-corrected chi connectivity index (χ3v) is 9.65. The fraction of sp³-hybridized carbons (Fsp3) is 0.133. The largest absolute Gasteiger partial charge is 0.252 e. The molecule has 0 radical (unpaired) electrons. The molecule has 3 nitrogen and oxygen atoms in total. The maximum absolute atomic E-state index is 5.33. The second kappa shape index (κ2) is 12.8. The van der Waals surface area contributed by atoms with Crippen LogP contribution >= 0.6 is 0 Å². The minimum Gasteiger partial charge on any atom is -0.252 e. The number of hydrogen-bond donors (Lipinski definition) is 0. The predicted molar refractivity (Wildman–Crippen MR) is 201 cm³/mol. The maximum atomic E-state index is 5.33. The number of aliphatic imine (C=N–C) groups is 2. The van der Waals surface area contributed by atoms with Crippen molar-refractivity contribution >= 4 is 33.7 Å². The van der Waals surface area contributed by atoms with Crippen LogP contribution in [0.25, 0.3) is 27.9 Å². The Morgan fingerprint density at radius 2 is 1.29 bits per heavy atom. The number of aromatic nitrogens is 1. The molecule has 0 spiro atoms. The molecule has 0 aliphatic carbocycles. The van der Waals surface area contributed by atoms with Crippen molar-refractivity contribution in [1.82, 2.24) is 4.98 Å². The first-order valence-corrected chi connectivity index (χ1v) is 16.9. The Kier molecular flexibility index (Phi) is 7.95. The van der Waals surface area contributed by atoms with Gasteiger partial charge in [0.15, 0.2) is 0 Å².